The van der Waals surface area contributed by atoms with Crippen molar-refractivity contribution in [2.24, 2.45) is 0 Å². The molecule has 0 saturated carbocycles. The second-order valence-corrected chi connectivity index (χ2v) is 4.38. The van der Waals surface area contributed by atoms with E-state index in [-0.39, 0.29) is 23.2 Å². The lowest BCUT2D eigenvalue weighted by molar-refractivity contribution is 0.0943. The third-order valence-electron chi connectivity index (χ3n) is 2.85. The summed E-state index contributed by atoms with van der Waals surface area (Å²) in [6.07, 6.45) is 1.75. The highest BCUT2D eigenvalue weighted by molar-refractivity contribution is 5.96. The lowest BCUT2D eigenvalue weighted by atomic mass is 10.2. The molecule has 19 heavy (non-hydrogen) atoms. The van der Waals surface area contributed by atoms with E-state index in [1.165, 1.54) is 0 Å². The Balaban J connectivity index is 2.12. The molecule has 3 N–H and O–H groups in total. The fourth-order valence-corrected chi connectivity index (χ4v) is 1.82. The number of fused-ring (bicyclic) bond motifs is 2. The summed E-state index contributed by atoms with van der Waals surface area (Å²) in [6.45, 7) is 2.90. The first-order chi connectivity index (χ1) is 9.27. The molecule has 0 aromatic carbocycles. The van der Waals surface area contributed by atoms with Crippen LogP contribution < -0.4 is 16.0 Å². The van der Waals surface area contributed by atoms with Crippen molar-refractivity contribution in [3.8, 4) is 0 Å². The van der Waals surface area contributed by atoms with Gasteiger partial charge < -0.3 is 16.0 Å². The quantitative estimate of drug-likeness (QED) is 0.611. The van der Waals surface area contributed by atoms with E-state index in [2.05, 4.69) is 20.9 Å². The number of amides is 2. The van der Waals surface area contributed by atoms with E-state index < -0.39 is 0 Å². The van der Waals surface area contributed by atoms with Gasteiger partial charge in [0.1, 0.15) is 11.4 Å². The third-order valence-corrected chi connectivity index (χ3v) is 2.85. The molecule has 1 aromatic heterocycles. The number of aromatic nitrogens is 1. The van der Waals surface area contributed by atoms with Gasteiger partial charge in [0, 0.05) is 13.1 Å². The van der Waals surface area contributed by atoms with Crippen LogP contribution in [0, 0.1) is 0 Å². The molecule has 1 aliphatic rings. The van der Waals surface area contributed by atoms with Gasteiger partial charge in [-0.3, -0.25) is 9.59 Å². The van der Waals surface area contributed by atoms with Crippen LogP contribution in [0.4, 0.5) is 0 Å². The number of rotatable bonds is 0. The first-order valence-electron chi connectivity index (χ1n) is 6.51. The highest BCUT2D eigenvalue weighted by Crippen LogP contribution is 2.00. The van der Waals surface area contributed by atoms with Gasteiger partial charge in [-0.15, -0.1) is 0 Å². The minimum atomic E-state index is -0.244. The standard InChI is InChI=1S/C13H18N4O2/c18-12-10-4-1-5-11(17-10)13(19)16-9-3-7-14-6-2-8-15-12/h1,4-5,14H,2-3,6-9H2,(H,15,18)(H,16,19). The van der Waals surface area contributed by atoms with Crippen molar-refractivity contribution >= 4 is 11.8 Å². The second-order valence-electron chi connectivity index (χ2n) is 4.38. The molecule has 1 aromatic rings. The van der Waals surface area contributed by atoms with Crippen LogP contribution in [0.15, 0.2) is 18.2 Å². The number of pyridine rings is 1. The summed E-state index contributed by atoms with van der Waals surface area (Å²) in [5.74, 6) is -0.488. The number of carbonyl (C=O) groups excluding carboxylic acids is 2. The number of nitrogens with zero attached hydrogens (tertiary/aromatic N) is 1. The predicted octanol–water partition coefficient (Wildman–Crippen LogP) is -0.0754. The maximum Gasteiger partial charge on any atom is 0.269 e. The summed E-state index contributed by atoms with van der Waals surface area (Å²) in [5, 5.41) is 8.83. The molecule has 6 heteroatoms. The van der Waals surface area contributed by atoms with Crippen molar-refractivity contribution < 1.29 is 9.59 Å². The fourth-order valence-electron chi connectivity index (χ4n) is 1.82. The van der Waals surface area contributed by atoms with E-state index in [9.17, 15) is 9.59 Å². The molecule has 0 saturated heterocycles. The summed E-state index contributed by atoms with van der Waals surface area (Å²) in [4.78, 5) is 27.7. The van der Waals surface area contributed by atoms with Crippen molar-refractivity contribution in [3.63, 3.8) is 0 Å². The van der Waals surface area contributed by atoms with Crippen LogP contribution >= 0.6 is 0 Å². The summed E-state index contributed by atoms with van der Waals surface area (Å²) >= 11 is 0. The molecule has 2 bridgehead atoms. The fraction of sp³-hybridized carbons (Fsp3) is 0.462. The highest BCUT2D eigenvalue weighted by Gasteiger charge is 2.11. The zero-order chi connectivity index (χ0) is 13.5. The topological polar surface area (TPSA) is 83.1 Å². The minimum Gasteiger partial charge on any atom is -0.351 e. The highest BCUT2D eigenvalue weighted by atomic mass is 16.2. The Morgan fingerprint density at radius 2 is 1.37 bits per heavy atom. The van der Waals surface area contributed by atoms with Crippen LogP contribution in [0.25, 0.3) is 0 Å². The van der Waals surface area contributed by atoms with E-state index in [0.717, 1.165) is 25.9 Å². The van der Waals surface area contributed by atoms with Gasteiger partial charge in [0.15, 0.2) is 0 Å². The van der Waals surface area contributed by atoms with Crippen molar-refractivity contribution in [1.29, 1.82) is 0 Å². The largest absolute Gasteiger partial charge is 0.351 e. The third kappa shape index (κ3) is 4.03. The Kier molecular flexibility index (Phi) is 4.85. The molecule has 1 aliphatic heterocycles. The van der Waals surface area contributed by atoms with Gasteiger partial charge in [0.25, 0.3) is 11.8 Å². The molecule has 0 spiro atoms. The summed E-state index contributed by atoms with van der Waals surface area (Å²) in [5.41, 5.74) is 0.551. The van der Waals surface area contributed by atoms with Gasteiger partial charge in [-0.05, 0) is 38.1 Å². The van der Waals surface area contributed by atoms with Gasteiger partial charge in [-0.2, -0.15) is 0 Å². The number of carbonyl (C=O) groups is 2. The lowest BCUT2D eigenvalue weighted by Gasteiger charge is -2.10. The summed E-state index contributed by atoms with van der Waals surface area (Å²) in [7, 11) is 0. The minimum absolute atomic E-state index is 0.244. The average Bonchev–Trinajstić information content (AvgIpc) is 2.44. The molecular formula is C13H18N4O2. The van der Waals surface area contributed by atoms with Gasteiger partial charge in [-0.1, -0.05) is 6.07 Å². The molecule has 2 rings (SSSR count). The smallest absolute Gasteiger partial charge is 0.269 e. The number of nitrogens with one attached hydrogen (secondary N) is 3. The lowest BCUT2D eigenvalue weighted by Crippen LogP contribution is -2.32. The number of hydrogen-bond acceptors (Lipinski definition) is 4. The normalized spacial score (nSPS) is 18.1. The van der Waals surface area contributed by atoms with Crippen LogP contribution in [0.2, 0.25) is 0 Å². The Morgan fingerprint density at radius 3 is 1.89 bits per heavy atom. The van der Waals surface area contributed by atoms with E-state index in [4.69, 9.17) is 0 Å². The van der Waals surface area contributed by atoms with Crippen molar-refractivity contribution in [3.05, 3.63) is 29.6 Å². The summed E-state index contributed by atoms with van der Waals surface area (Å²) in [6, 6.07) is 4.89. The maximum absolute atomic E-state index is 11.8. The molecule has 102 valence electrons. The molecule has 0 radical (unpaired) electrons. The first kappa shape index (κ1) is 13.5. The molecule has 0 aliphatic carbocycles. The predicted molar refractivity (Wildman–Crippen MR) is 71.0 cm³/mol. The SMILES string of the molecule is O=C1NCCCNCCCNC(=O)c2cccc1n2. The van der Waals surface area contributed by atoms with Gasteiger partial charge in [-0.25, -0.2) is 4.98 Å². The Morgan fingerprint density at radius 1 is 0.842 bits per heavy atom. The van der Waals surface area contributed by atoms with E-state index in [0.29, 0.717) is 13.1 Å². The van der Waals surface area contributed by atoms with Gasteiger partial charge >= 0.3 is 0 Å². The van der Waals surface area contributed by atoms with Crippen molar-refractivity contribution in [1.82, 2.24) is 20.9 Å². The Hall–Kier alpha value is -1.95. The Bertz CT molecular complexity index is 424. The zero-order valence-electron chi connectivity index (χ0n) is 10.7. The Labute approximate surface area is 112 Å². The molecule has 6 nitrogen and oxygen atoms in total. The van der Waals surface area contributed by atoms with Crippen LogP contribution in [-0.2, 0) is 0 Å². The van der Waals surface area contributed by atoms with Crippen LogP contribution in [0.5, 0.6) is 0 Å². The molecule has 0 fully saturated rings. The molecular weight excluding hydrogens is 244 g/mol. The summed E-state index contributed by atoms with van der Waals surface area (Å²) < 4.78 is 0. The van der Waals surface area contributed by atoms with Gasteiger partial charge in [0.05, 0.1) is 0 Å². The van der Waals surface area contributed by atoms with Crippen molar-refractivity contribution in [2.75, 3.05) is 26.2 Å². The average molecular weight is 262 g/mol. The maximum atomic E-state index is 11.8. The van der Waals surface area contributed by atoms with E-state index in [1.54, 1.807) is 18.2 Å². The number of hydrogen-bond donors (Lipinski definition) is 3. The molecule has 2 heterocycles. The molecule has 0 atom stereocenters. The van der Waals surface area contributed by atoms with Crippen LogP contribution in [-0.4, -0.2) is 43.0 Å². The monoisotopic (exact) mass is 262 g/mol. The van der Waals surface area contributed by atoms with Crippen LogP contribution in [0.3, 0.4) is 0 Å². The van der Waals surface area contributed by atoms with E-state index >= 15 is 0 Å². The van der Waals surface area contributed by atoms with E-state index in [1.807, 2.05) is 0 Å². The molecule has 2 amide bonds. The first-order valence-corrected chi connectivity index (χ1v) is 6.51. The second kappa shape index (κ2) is 6.84. The zero-order valence-corrected chi connectivity index (χ0v) is 10.7. The van der Waals surface area contributed by atoms with Gasteiger partial charge in [0.2, 0.25) is 0 Å². The van der Waals surface area contributed by atoms with Crippen LogP contribution in [0.1, 0.15) is 33.8 Å². The van der Waals surface area contributed by atoms with Crippen molar-refractivity contribution in [2.45, 2.75) is 12.8 Å². The molecule has 0 unspecified atom stereocenters.